The summed E-state index contributed by atoms with van der Waals surface area (Å²) in [4.78, 5) is 79.9. The first-order valence-electron chi connectivity index (χ1n) is 22.8. The van der Waals surface area contributed by atoms with E-state index in [2.05, 4.69) is 30.7 Å². The molecule has 2 aromatic carbocycles. The van der Waals surface area contributed by atoms with Crippen molar-refractivity contribution in [3.8, 4) is 5.75 Å². The van der Waals surface area contributed by atoms with Crippen molar-refractivity contribution in [1.29, 1.82) is 0 Å². The van der Waals surface area contributed by atoms with Crippen LogP contribution in [0.1, 0.15) is 87.2 Å². The van der Waals surface area contributed by atoms with Crippen molar-refractivity contribution in [2.45, 2.75) is 89.5 Å². The number of fused-ring (bicyclic) bond motifs is 2. The third-order valence-electron chi connectivity index (χ3n) is 14.3. The predicted octanol–water partition coefficient (Wildman–Crippen LogP) is 5.49. The summed E-state index contributed by atoms with van der Waals surface area (Å²) in [5.74, 6) is -0.999. The molecule has 7 heterocycles. The third-order valence-corrected chi connectivity index (χ3v) is 14.6. The van der Waals surface area contributed by atoms with E-state index in [0.717, 1.165) is 57.2 Å². The number of pyridine rings is 1. The van der Waals surface area contributed by atoms with Crippen LogP contribution < -0.4 is 36.0 Å². The third kappa shape index (κ3) is 8.88. The van der Waals surface area contributed by atoms with E-state index in [1.165, 1.54) is 24.1 Å². The van der Waals surface area contributed by atoms with Gasteiger partial charge < -0.3 is 39.5 Å². The Morgan fingerprint density at radius 1 is 0.970 bits per heavy atom. The summed E-state index contributed by atoms with van der Waals surface area (Å²) >= 11 is 6.62. The molecule has 0 bridgehead atoms. The van der Waals surface area contributed by atoms with Gasteiger partial charge in [0.25, 0.3) is 17.4 Å². The van der Waals surface area contributed by atoms with Gasteiger partial charge in [-0.15, -0.1) is 0 Å². The molecule has 4 fully saturated rings. The topological polar surface area (TPSA) is 174 Å². The number of nitrogens with zero attached hydrogens (tertiary/aromatic N) is 7. The molecule has 66 heavy (non-hydrogen) atoms. The molecule has 1 spiro atoms. The number of hydrogen-bond donors (Lipinski definition) is 3. The second-order valence-corrected chi connectivity index (χ2v) is 19.1. The molecule has 4 aromatic rings. The maximum Gasteiger partial charge on any atom is 0.293 e. The number of amides is 4. The second-order valence-electron chi connectivity index (χ2n) is 18.7. The van der Waals surface area contributed by atoms with Gasteiger partial charge in [0.05, 0.1) is 17.4 Å². The number of ether oxygens (including phenoxy) is 1. The first-order valence-corrected chi connectivity index (χ1v) is 23.2. The van der Waals surface area contributed by atoms with Gasteiger partial charge in [0.2, 0.25) is 17.8 Å². The molecule has 16 nitrogen and oxygen atoms in total. The Balaban J connectivity index is 0.785. The number of rotatable bonds is 11. The molecular weight excluding hydrogens is 874 g/mol. The van der Waals surface area contributed by atoms with E-state index in [4.69, 9.17) is 21.3 Å². The minimum Gasteiger partial charge on any atom is -0.478 e. The lowest BCUT2D eigenvalue weighted by Crippen LogP contribution is -2.53. The highest BCUT2D eigenvalue weighted by Crippen LogP contribution is 2.44. The number of halogens is 3. The van der Waals surface area contributed by atoms with Gasteiger partial charge in [-0.25, -0.2) is 13.8 Å². The van der Waals surface area contributed by atoms with Gasteiger partial charge in [-0.3, -0.25) is 29.3 Å². The van der Waals surface area contributed by atoms with E-state index in [0.29, 0.717) is 64.4 Å². The lowest BCUT2D eigenvalue weighted by molar-refractivity contribution is -0.137. The molecule has 0 aliphatic carbocycles. The van der Waals surface area contributed by atoms with Crippen molar-refractivity contribution in [2.75, 3.05) is 74.6 Å². The van der Waals surface area contributed by atoms with Gasteiger partial charge in [-0.2, -0.15) is 4.98 Å². The second kappa shape index (κ2) is 18.1. The number of carbonyl (C=O) groups is 4. The van der Waals surface area contributed by atoms with Gasteiger partial charge in [0.1, 0.15) is 22.6 Å². The maximum atomic E-state index is 16.6. The van der Waals surface area contributed by atoms with Crippen molar-refractivity contribution in [3.63, 3.8) is 0 Å². The Hall–Kier alpha value is -5.88. The smallest absolute Gasteiger partial charge is 0.293 e. The maximum absolute atomic E-state index is 16.6. The van der Waals surface area contributed by atoms with Crippen LogP contribution in [0.3, 0.4) is 0 Å². The van der Waals surface area contributed by atoms with Crippen molar-refractivity contribution in [3.05, 3.63) is 74.9 Å². The molecule has 0 saturated carbocycles. The van der Waals surface area contributed by atoms with E-state index in [-0.39, 0.29) is 79.3 Å². The molecular formula is C47H55ClF2N10O6. The number of aromatic nitrogens is 3. The molecule has 3 N–H and O–H groups in total. The summed E-state index contributed by atoms with van der Waals surface area (Å²) in [5, 5.41) is 9.22. The number of anilines is 4. The standard InChI is InChI=1S/C47H55ClF2N10O6/c1-28(2)60-35-7-4-30(22-29(35)23-37(44(60)65)66-26-39(62)51-3)53-41-33(48)24-52-45(55-41)58-18-12-46(13-19-58)10-16-56(17-11-46)27-47(50)14-20-57(21-15-47)40-32-25-59(36-8-9-38(61)54-42(36)63)43(64)31(32)5-6-34(40)49/h4-7,22-24,28,36H,8-21,25-27H2,1-3H3,(H,51,62)(H,52,53,55)(H,54,61,63). The zero-order valence-corrected chi connectivity index (χ0v) is 38.2. The van der Waals surface area contributed by atoms with Gasteiger partial charge in [0, 0.05) is 93.8 Å². The van der Waals surface area contributed by atoms with Crippen LogP contribution >= 0.6 is 11.6 Å². The van der Waals surface area contributed by atoms with E-state index < -0.39 is 23.4 Å². The van der Waals surface area contributed by atoms with E-state index in [1.54, 1.807) is 16.8 Å². The van der Waals surface area contributed by atoms with Crippen LogP contribution in [0.25, 0.3) is 10.9 Å². The fraction of sp³-hybridized carbons (Fsp3) is 0.511. The monoisotopic (exact) mass is 928 g/mol. The fourth-order valence-corrected chi connectivity index (χ4v) is 10.6. The number of piperidine rings is 4. The van der Waals surface area contributed by atoms with Gasteiger partial charge >= 0.3 is 0 Å². The van der Waals surface area contributed by atoms with Gasteiger partial charge in [-0.1, -0.05) is 11.6 Å². The normalized spacial score (nSPS) is 20.8. The number of carbonyl (C=O) groups excluding carboxylic acids is 4. The van der Waals surface area contributed by atoms with Crippen molar-refractivity contribution < 1.29 is 32.7 Å². The van der Waals surface area contributed by atoms with Crippen LogP contribution in [0.2, 0.25) is 5.02 Å². The van der Waals surface area contributed by atoms with Crippen LogP contribution in [0.5, 0.6) is 5.75 Å². The van der Waals surface area contributed by atoms with Crippen LogP contribution in [-0.4, -0.2) is 119 Å². The van der Waals surface area contributed by atoms with Crippen LogP contribution in [0, 0.1) is 11.2 Å². The molecule has 4 amide bonds. The number of likely N-dealkylation sites (tertiary alicyclic amines) is 1. The van der Waals surface area contributed by atoms with Crippen molar-refractivity contribution >= 4 is 69.3 Å². The minimum absolute atomic E-state index is 0.0580. The van der Waals surface area contributed by atoms with Crippen LogP contribution in [0.4, 0.5) is 31.9 Å². The number of alkyl halides is 1. The summed E-state index contributed by atoms with van der Waals surface area (Å²) in [7, 11) is 1.50. The Morgan fingerprint density at radius 3 is 2.38 bits per heavy atom. The molecule has 5 aliphatic heterocycles. The summed E-state index contributed by atoms with van der Waals surface area (Å²) < 4.78 is 39.4. The molecule has 350 valence electrons. The summed E-state index contributed by atoms with van der Waals surface area (Å²) in [6, 6.07) is 8.99. The van der Waals surface area contributed by atoms with Crippen molar-refractivity contribution in [2.24, 2.45) is 5.41 Å². The summed E-state index contributed by atoms with van der Waals surface area (Å²) in [5.41, 5.74) is 0.941. The molecule has 0 radical (unpaired) electrons. The molecule has 2 aromatic heterocycles. The van der Waals surface area contributed by atoms with E-state index in [9.17, 15) is 24.0 Å². The molecule has 19 heteroatoms. The molecule has 4 saturated heterocycles. The average molecular weight is 929 g/mol. The fourth-order valence-electron chi connectivity index (χ4n) is 10.5. The van der Waals surface area contributed by atoms with E-state index >= 15 is 8.78 Å². The highest BCUT2D eigenvalue weighted by Gasteiger charge is 2.44. The Morgan fingerprint density at radius 2 is 1.68 bits per heavy atom. The lowest BCUT2D eigenvalue weighted by atomic mass is 9.71. The highest BCUT2D eigenvalue weighted by atomic mass is 35.5. The number of likely N-dealkylation sites (N-methyl/N-ethyl adjacent to an activating group) is 1. The van der Waals surface area contributed by atoms with Crippen LogP contribution in [-0.2, 0) is 20.9 Å². The SMILES string of the molecule is CNC(=O)COc1cc2cc(Nc3nc(N4CCC5(CCN(CC6(F)CCN(c7c(F)ccc8c7CN(C7CCC(=O)NC7=O)C8=O)CC6)CC5)CC4)ncc3Cl)ccc2n(C(C)C)c1=O. The highest BCUT2D eigenvalue weighted by molar-refractivity contribution is 6.33. The Bertz CT molecular complexity index is 2640. The first kappa shape index (κ1) is 45.3. The van der Waals surface area contributed by atoms with Crippen molar-refractivity contribution in [1.82, 2.24) is 35.0 Å². The van der Waals surface area contributed by atoms with Gasteiger partial charge in [-0.05, 0) is 101 Å². The number of benzene rings is 2. The molecule has 1 unspecified atom stereocenters. The molecule has 1 atom stereocenters. The molecule has 9 rings (SSSR count). The number of nitrogens with one attached hydrogen (secondary N) is 3. The summed E-state index contributed by atoms with van der Waals surface area (Å²) in [6.45, 7) is 7.63. The quantitative estimate of drug-likeness (QED) is 0.162. The average Bonchev–Trinajstić information content (AvgIpc) is 3.62. The Kier molecular flexibility index (Phi) is 12.4. The predicted molar refractivity (Wildman–Crippen MR) is 246 cm³/mol. The minimum atomic E-state index is -1.43. The largest absolute Gasteiger partial charge is 0.478 e. The Labute approximate surface area is 386 Å². The lowest BCUT2D eigenvalue weighted by Gasteiger charge is -2.48. The summed E-state index contributed by atoms with van der Waals surface area (Å²) in [6.07, 6.45) is 6.22. The number of imide groups is 1. The zero-order chi connectivity index (χ0) is 46.5. The van der Waals surface area contributed by atoms with Gasteiger partial charge in [0.15, 0.2) is 18.2 Å². The molecule has 5 aliphatic rings. The van der Waals surface area contributed by atoms with E-state index in [1.807, 2.05) is 36.9 Å². The zero-order valence-electron chi connectivity index (χ0n) is 37.4. The first-order chi connectivity index (χ1) is 31.6. The van der Waals surface area contributed by atoms with Crippen LogP contribution in [0.15, 0.2) is 47.4 Å². The number of hydrogen-bond acceptors (Lipinski definition) is 12.